The monoisotopic (exact) mass is 360 g/mol. The number of carbonyl (C=O) groups excluding carboxylic acids is 1. The first-order chi connectivity index (χ1) is 11.8. The molecule has 1 atom stereocenters. The Balaban J connectivity index is 0.00000225. The van der Waals surface area contributed by atoms with Gasteiger partial charge in [0.15, 0.2) is 0 Å². The van der Waals surface area contributed by atoms with Crippen LogP contribution in [0.3, 0.4) is 0 Å². The number of rotatable bonds is 6. The van der Waals surface area contributed by atoms with E-state index in [1.165, 1.54) is 0 Å². The van der Waals surface area contributed by atoms with Gasteiger partial charge >= 0.3 is 0 Å². The molecule has 1 amide bonds. The maximum atomic E-state index is 12.3. The van der Waals surface area contributed by atoms with Crippen molar-refractivity contribution in [3.8, 4) is 5.75 Å². The Bertz CT molecular complexity index is 658. The van der Waals surface area contributed by atoms with E-state index in [1.54, 1.807) is 0 Å². The van der Waals surface area contributed by atoms with Crippen molar-refractivity contribution >= 4 is 18.3 Å². The molecule has 1 fully saturated rings. The molecule has 25 heavy (non-hydrogen) atoms. The van der Waals surface area contributed by atoms with E-state index in [-0.39, 0.29) is 24.2 Å². The Kier molecular flexibility index (Phi) is 7.76. The van der Waals surface area contributed by atoms with E-state index in [1.807, 2.05) is 54.6 Å². The zero-order valence-electron chi connectivity index (χ0n) is 14.2. The largest absolute Gasteiger partial charge is 0.489 e. The van der Waals surface area contributed by atoms with Crippen LogP contribution in [0.25, 0.3) is 0 Å². The van der Waals surface area contributed by atoms with Crippen molar-refractivity contribution in [3.63, 3.8) is 0 Å². The maximum Gasteiger partial charge on any atom is 0.224 e. The normalized spacial score (nSPS) is 16.6. The zero-order chi connectivity index (χ0) is 16.6. The minimum Gasteiger partial charge on any atom is -0.489 e. The van der Waals surface area contributed by atoms with Crippen LogP contribution in [0, 0.1) is 5.92 Å². The van der Waals surface area contributed by atoms with Crippen molar-refractivity contribution in [2.45, 2.75) is 26.0 Å². The highest BCUT2D eigenvalue weighted by atomic mass is 35.5. The number of hydrogen-bond donors (Lipinski definition) is 2. The Morgan fingerprint density at radius 1 is 1.12 bits per heavy atom. The van der Waals surface area contributed by atoms with Gasteiger partial charge in [0, 0.05) is 18.7 Å². The molecule has 0 spiro atoms. The van der Waals surface area contributed by atoms with E-state index < -0.39 is 0 Å². The molecule has 2 aromatic rings. The van der Waals surface area contributed by atoms with Crippen LogP contribution in [0.2, 0.25) is 0 Å². The van der Waals surface area contributed by atoms with E-state index >= 15 is 0 Å². The van der Waals surface area contributed by atoms with Crippen LogP contribution in [0.1, 0.15) is 24.0 Å². The molecule has 1 heterocycles. The van der Waals surface area contributed by atoms with Gasteiger partial charge in [-0.05, 0) is 31.0 Å². The highest BCUT2D eigenvalue weighted by molar-refractivity contribution is 5.85. The van der Waals surface area contributed by atoms with Crippen LogP contribution >= 0.6 is 12.4 Å². The van der Waals surface area contributed by atoms with Crippen LogP contribution in [-0.4, -0.2) is 19.0 Å². The quantitative estimate of drug-likeness (QED) is 0.831. The third-order valence-corrected chi connectivity index (χ3v) is 4.33. The molecule has 2 aromatic carbocycles. The molecule has 0 saturated carbocycles. The van der Waals surface area contributed by atoms with Crippen molar-refractivity contribution in [2.24, 2.45) is 5.92 Å². The molecule has 5 heteroatoms. The lowest BCUT2D eigenvalue weighted by molar-refractivity contribution is -0.125. The molecule has 0 aromatic heterocycles. The summed E-state index contributed by atoms with van der Waals surface area (Å²) in [5, 5.41) is 6.33. The number of benzene rings is 2. The lowest BCUT2D eigenvalue weighted by Crippen LogP contribution is -2.40. The van der Waals surface area contributed by atoms with Gasteiger partial charge in [0.1, 0.15) is 12.4 Å². The summed E-state index contributed by atoms with van der Waals surface area (Å²) in [7, 11) is 0. The van der Waals surface area contributed by atoms with Gasteiger partial charge in [-0.25, -0.2) is 0 Å². The molecule has 0 aliphatic carbocycles. The standard InChI is InChI=1S/C20H24N2O2.ClH/c23-20(18-10-6-12-21-13-18)22-14-17-9-4-5-11-19(17)24-15-16-7-2-1-3-8-16;/h1-5,7-9,11,18,21H,6,10,12-15H2,(H,22,23);1H. The highest BCUT2D eigenvalue weighted by Gasteiger charge is 2.20. The third kappa shape index (κ3) is 5.76. The Morgan fingerprint density at radius 3 is 2.64 bits per heavy atom. The zero-order valence-corrected chi connectivity index (χ0v) is 15.1. The van der Waals surface area contributed by atoms with Gasteiger partial charge in [0.05, 0.1) is 5.92 Å². The number of amides is 1. The van der Waals surface area contributed by atoms with Gasteiger partial charge in [-0.1, -0.05) is 48.5 Å². The molecule has 1 aliphatic rings. The number of carbonyl (C=O) groups is 1. The summed E-state index contributed by atoms with van der Waals surface area (Å²) in [4.78, 5) is 12.3. The summed E-state index contributed by atoms with van der Waals surface area (Å²) in [5.74, 6) is 1.03. The van der Waals surface area contributed by atoms with Crippen molar-refractivity contribution in [1.82, 2.24) is 10.6 Å². The van der Waals surface area contributed by atoms with Gasteiger partial charge in [-0.3, -0.25) is 4.79 Å². The predicted octanol–water partition coefficient (Wildman–Crippen LogP) is 3.30. The number of ether oxygens (including phenoxy) is 1. The minimum atomic E-state index is 0. The second-order valence-electron chi connectivity index (χ2n) is 6.14. The summed E-state index contributed by atoms with van der Waals surface area (Å²) >= 11 is 0. The summed E-state index contributed by atoms with van der Waals surface area (Å²) in [5.41, 5.74) is 2.13. The first-order valence-corrected chi connectivity index (χ1v) is 8.56. The second kappa shape index (κ2) is 10.1. The fraction of sp³-hybridized carbons (Fsp3) is 0.350. The van der Waals surface area contributed by atoms with Crippen LogP contribution in [-0.2, 0) is 17.9 Å². The van der Waals surface area contributed by atoms with Crippen LogP contribution in [0.15, 0.2) is 54.6 Å². The first kappa shape index (κ1) is 19.3. The van der Waals surface area contributed by atoms with Crippen molar-refractivity contribution in [1.29, 1.82) is 0 Å². The molecule has 134 valence electrons. The molecule has 4 nitrogen and oxygen atoms in total. The topological polar surface area (TPSA) is 50.4 Å². The van der Waals surface area contributed by atoms with E-state index in [4.69, 9.17) is 4.74 Å². The predicted molar refractivity (Wildman–Crippen MR) is 102 cm³/mol. The number of piperidine rings is 1. The first-order valence-electron chi connectivity index (χ1n) is 8.56. The molecule has 3 rings (SSSR count). The van der Waals surface area contributed by atoms with Crippen molar-refractivity contribution in [3.05, 3.63) is 65.7 Å². The fourth-order valence-corrected chi connectivity index (χ4v) is 2.93. The van der Waals surface area contributed by atoms with Crippen molar-refractivity contribution < 1.29 is 9.53 Å². The molecule has 0 radical (unpaired) electrons. The Hall–Kier alpha value is -2.04. The molecule has 0 bridgehead atoms. The highest BCUT2D eigenvalue weighted by Crippen LogP contribution is 2.20. The number of halogens is 1. The van der Waals surface area contributed by atoms with Gasteiger partial charge in [0.25, 0.3) is 0 Å². The lowest BCUT2D eigenvalue weighted by Gasteiger charge is -2.22. The van der Waals surface area contributed by atoms with Crippen LogP contribution < -0.4 is 15.4 Å². The summed E-state index contributed by atoms with van der Waals surface area (Å²) < 4.78 is 5.94. The average molecular weight is 361 g/mol. The number of nitrogens with one attached hydrogen (secondary N) is 2. The van der Waals surface area contributed by atoms with Gasteiger partial charge < -0.3 is 15.4 Å². The number of hydrogen-bond acceptors (Lipinski definition) is 3. The van der Waals surface area contributed by atoms with Crippen LogP contribution in [0.4, 0.5) is 0 Å². The Morgan fingerprint density at radius 2 is 1.88 bits per heavy atom. The summed E-state index contributed by atoms with van der Waals surface area (Å²) in [6.07, 6.45) is 2.03. The molecular formula is C20H25ClN2O2. The lowest BCUT2D eigenvalue weighted by atomic mass is 9.99. The maximum absolute atomic E-state index is 12.3. The summed E-state index contributed by atoms with van der Waals surface area (Å²) in [6, 6.07) is 18.0. The van der Waals surface area contributed by atoms with Gasteiger partial charge in [-0.2, -0.15) is 0 Å². The minimum absolute atomic E-state index is 0. The van der Waals surface area contributed by atoms with Crippen molar-refractivity contribution in [2.75, 3.05) is 13.1 Å². The molecule has 2 N–H and O–H groups in total. The van der Waals surface area contributed by atoms with E-state index in [0.717, 1.165) is 42.8 Å². The molecule has 1 unspecified atom stereocenters. The van der Waals surface area contributed by atoms with E-state index in [0.29, 0.717) is 13.2 Å². The number of para-hydroxylation sites is 1. The summed E-state index contributed by atoms with van der Waals surface area (Å²) in [6.45, 7) is 2.82. The molecule has 1 saturated heterocycles. The second-order valence-corrected chi connectivity index (χ2v) is 6.14. The van der Waals surface area contributed by atoms with Gasteiger partial charge in [-0.15, -0.1) is 12.4 Å². The molecule has 1 aliphatic heterocycles. The Labute approximate surface area is 155 Å². The average Bonchev–Trinajstić information content (AvgIpc) is 2.66. The fourth-order valence-electron chi connectivity index (χ4n) is 2.93. The van der Waals surface area contributed by atoms with Gasteiger partial charge in [0.2, 0.25) is 5.91 Å². The molecular weight excluding hydrogens is 336 g/mol. The van der Waals surface area contributed by atoms with Crippen LogP contribution in [0.5, 0.6) is 5.75 Å². The van der Waals surface area contributed by atoms with E-state index in [9.17, 15) is 4.79 Å². The third-order valence-electron chi connectivity index (χ3n) is 4.33. The smallest absolute Gasteiger partial charge is 0.224 e. The van der Waals surface area contributed by atoms with E-state index in [2.05, 4.69) is 10.6 Å². The SMILES string of the molecule is Cl.O=C(NCc1ccccc1OCc1ccccc1)C1CCCNC1.